The van der Waals surface area contributed by atoms with Crippen molar-refractivity contribution >= 4 is 11.9 Å². The van der Waals surface area contributed by atoms with Gasteiger partial charge in [0.1, 0.15) is 0 Å². The van der Waals surface area contributed by atoms with E-state index in [-0.39, 0.29) is 12.5 Å². The molecule has 3 rings (SSSR count). The number of ether oxygens (including phenoxy) is 3. The van der Waals surface area contributed by atoms with E-state index >= 15 is 0 Å². The third kappa shape index (κ3) is 8.15. The first-order valence-corrected chi connectivity index (χ1v) is 11.7. The van der Waals surface area contributed by atoms with Crippen LogP contribution in [0.1, 0.15) is 62.7 Å². The number of unbranched alkanes of at least 4 members (excludes halogenated alkanes) is 2. The number of cyclic esters (lactones) is 2. The van der Waals surface area contributed by atoms with E-state index in [0.717, 1.165) is 50.1 Å². The van der Waals surface area contributed by atoms with Gasteiger partial charge in [0.25, 0.3) is 0 Å². The van der Waals surface area contributed by atoms with Crippen molar-refractivity contribution in [2.75, 3.05) is 6.54 Å². The van der Waals surface area contributed by atoms with Crippen LogP contribution < -0.4 is 5.32 Å². The summed E-state index contributed by atoms with van der Waals surface area (Å²) in [6.45, 7) is 3.75. The summed E-state index contributed by atoms with van der Waals surface area (Å²) in [6, 6.07) is 20.0. The van der Waals surface area contributed by atoms with E-state index in [1.807, 2.05) is 48.5 Å². The minimum atomic E-state index is -1.73. The highest BCUT2D eigenvalue weighted by molar-refractivity contribution is 5.93. The van der Waals surface area contributed by atoms with Crippen molar-refractivity contribution in [3.63, 3.8) is 0 Å². The maximum absolute atomic E-state index is 12.2. The van der Waals surface area contributed by atoms with Crippen molar-refractivity contribution in [2.24, 2.45) is 0 Å². The molecule has 2 aromatic rings. The van der Waals surface area contributed by atoms with E-state index in [1.165, 1.54) is 5.56 Å². The van der Waals surface area contributed by atoms with Crippen molar-refractivity contribution in [2.45, 2.75) is 64.1 Å². The zero-order valence-electron chi connectivity index (χ0n) is 19.2. The van der Waals surface area contributed by atoms with Crippen LogP contribution in [0.5, 0.6) is 0 Å². The van der Waals surface area contributed by atoms with Gasteiger partial charge in [0, 0.05) is 18.7 Å². The van der Waals surface area contributed by atoms with Gasteiger partial charge in [-0.2, -0.15) is 0 Å². The quantitative estimate of drug-likeness (QED) is 0.333. The molecule has 0 bridgehead atoms. The molecule has 0 amide bonds. The van der Waals surface area contributed by atoms with E-state index in [0.29, 0.717) is 12.8 Å². The molecular formula is C27H33NO5. The average molecular weight is 452 g/mol. The average Bonchev–Trinajstić information content (AvgIpc) is 2.97. The van der Waals surface area contributed by atoms with Gasteiger partial charge < -0.3 is 14.8 Å². The van der Waals surface area contributed by atoms with E-state index < -0.39 is 17.9 Å². The number of carbonyl (C=O) groups is 2. The Morgan fingerprint density at radius 1 is 0.879 bits per heavy atom. The molecule has 1 aliphatic rings. The lowest BCUT2D eigenvalue weighted by atomic mass is 10.0. The SMILES string of the molecule is CCCC(OC1(CCCCCNCc2ccccc2)OC(=O)C=CC(=O)O1)c1ccccc1. The standard InChI is InChI=1S/C27H33NO5/c1-2-12-24(23-15-8-4-9-16-23)31-27(32-25(29)17-18-26(30)33-27)19-10-5-11-20-28-21-22-13-6-3-7-14-22/h3-4,6-9,13-18,24,28H,2,5,10-12,19-21H2,1H3. The smallest absolute Gasteiger partial charge is 0.376 e. The molecule has 6 heteroatoms. The Morgan fingerprint density at radius 2 is 1.52 bits per heavy atom. The van der Waals surface area contributed by atoms with E-state index in [9.17, 15) is 9.59 Å². The number of rotatable bonds is 13. The first-order valence-electron chi connectivity index (χ1n) is 11.7. The molecule has 1 unspecified atom stereocenters. The maximum Gasteiger partial charge on any atom is 0.376 e. The van der Waals surface area contributed by atoms with E-state index in [1.54, 1.807) is 0 Å². The summed E-state index contributed by atoms with van der Waals surface area (Å²) in [5, 5.41) is 3.43. The van der Waals surface area contributed by atoms with Crippen LogP contribution in [0.2, 0.25) is 0 Å². The molecule has 176 valence electrons. The van der Waals surface area contributed by atoms with Gasteiger partial charge in [-0.3, -0.25) is 4.74 Å². The van der Waals surface area contributed by atoms with Crippen molar-refractivity contribution < 1.29 is 23.8 Å². The molecule has 0 aliphatic carbocycles. The predicted molar refractivity (Wildman–Crippen MR) is 126 cm³/mol. The van der Waals surface area contributed by atoms with E-state index in [4.69, 9.17) is 14.2 Å². The number of nitrogens with one attached hydrogen (secondary N) is 1. The Labute approximate surface area is 195 Å². The second kappa shape index (κ2) is 12.9. The summed E-state index contributed by atoms with van der Waals surface area (Å²) in [6.07, 6.45) is 6.15. The second-order valence-electron chi connectivity index (χ2n) is 8.14. The number of benzene rings is 2. The van der Waals surface area contributed by atoms with Gasteiger partial charge >= 0.3 is 17.9 Å². The minimum absolute atomic E-state index is 0.276. The first-order chi connectivity index (χ1) is 16.1. The highest BCUT2D eigenvalue weighted by Gasteiger charge is 2.43. The Hall–Kier alpha value is -2.96. The summed E-state index contributed by atoms with van der Waals surface area (Å²) in [7, 11) is 0. The lowest BCUT2D eigenvalue weighted by molar-refractivity contribution is -0.361. The van der Waals surface area contributed by atoms with Gasteiger partial charge in [0.15, 0.2) is 0 Å². The van der Waals surface area contributed by atoms with Gasteiger partial charge in [0.05, 0.1) is 12.5 Å². The lowest BCUT2D eigenvalue weighted by Crippen LogP contribution is -2.42. The Kier molecular flexibility index (Phi) is 9.66. The zero-order chi connectivity index (χ0) is 23.4. The highest BCUT2D eigenvalue weighted by atomic mass is 16.9. The fourth-order valence-corrected chi connectivity index (χ4v) is 3.78. The Morgan fingerprint density at radius 3 is 2.15 bits per heavy atom. The fraction of sp³-hybridized carbons (Fsp3) is 0.407. The van der Waals surface area contributed by atoms with Crippen molar-refractivity contribution in [3.05, 3.63) is 83.9 Å². The van der Waals surface area contributed by atoms with Gasteiger partial charge in [-0.1, -0.05) is 80.4 Å². The molecule has 0 radical (unpaired) electrons. The van der Waals surface area contributed by atoms with Crippen LogP contribution in [0.4, 0.5) is 0 Å². The zero-order valence-corrected chi connectivity index (χ0v) is 19.2. The molecule has 0 fully saturated rings. The van der Waals surface area contributed by atoms with Crippen molar-refractivity contribution in [1.82, 2.24) is 5.32 Å². The third-order valence-corrected chi connectivity index (χ3v) is 5.42. The first kappa shape index (κ1) is 24.7. The van der Waals surface area contributed by atoms with Gasteiger partial charge in [0.2, 0.25) is 0 Å². The molecule has 6 nitrogen and oxygen atoms in total. The van der Waals surface area contributed by atoms with Crippen molar-refractivity contribution in [1.29, 1.82) is 0 Å². The topological polar surface area (TPSA) is 73.9 Å². The van der Waals surface area contributed by atoms with Crippen LogP contribution >= 0.6 is 0 Å². The Balaban J connectivity index is 1.58. The molecule has 1 atom stereocenters. The van der Waals surface area contributed by atoms with Crippen LogP contribution in [0.25, 0.3) is 0 Å². The summed E-state index contributed by atoms with van der Waals surface area (Å²) in [4.78, 5) is 24.4. The molecule has 33 heavy (non-hydrogen) atoms. The third-order valence-electron chi connectivity index (χ3n) is 5.42. The second-order valence-corrected chi connectivity index (χ2v) is 8.14. The number of esters is 2. The number of hydrogen-bond donors (Lipinski definition) is 1. The van der Waals surface area contributed by atoms with Crippen LogP contribution in [-0.4, -0.2) is 24.5 Å². The summed E-state index contributed by atoms with van der Waals surface area (Å²) >= 11 is 0. The number of carbonyl (C=O) groups excluding carboxylic acids is 2. The van der Waals surface area contributed by atoms with Gasteiger partial charge in [-0.15, -0.1) is 0 Å². The fourth-order valence-electron chi connectivity index (χ4n) is 3.78. The molecule has 0 saturated carbocycles. The monoisotopic (exact) mass is 451 g/mol. The molecular weight excluding hydrogens is 418 g/mol. The van der Waals surface area contributed by atoms with Crippen LogP contribution in [0.15, 0.2) is 72.8 Å². The van der Waals surface area contributed by atoms with Crippen molar-refractivity contribution in [3.8, 4) is 0 Å². The molecule has 0 spiro atoms. The minimum Gasteiger partial charge on any atom is -0.395 e. The largest absolute Gasteiger partial charge is 0.395 e. The van der Waals surface area contributed by atoms with Gasteiger partial charge in [-0.05, 0) is 36.9 Å². The molecule has 0 saturated heterocycles. The van der Waals surface area contributed by atoms with Gasteiger partial charge in [-0.25, -0.2) is 9.59 Å². The highest BCUT2D eigenvalue weighted by Crippen LogP contribution is 2.34. The predicted octanol–water partition coefficient (Wildman–Crippen LogP) is 5.20. The van der Waals surface area contributed by atoms with Crippen LogP contribution in [-0.2, 0) is 30.3 Å². The summed E-state index contributed by atoms with van der Waals surface area (Å²) in [5.41, 5.74) is 2.20. The van der Waals surface area contributed by atoms with Crippen LogP contribution in [0.3, 0.4) is 0 Å². The molecule has 0 aromatic heterocycles. The van der Waals surface area contributed by atoms with Crippen LogP contribution in [0, 0.1) is 0 Å². The number of hydrogen-bond acceptors (Lipinski definition) is 6. The summed E-state index contributed by atoms with van der Waals surface area (Å²) < 4.78 is 17.4. The molecule has 1 heterocycles. The maximum atomic E-state index is 12.2. The molecule has 1 N–H and O–H groups in total. The molecule has 1 aliphatic heterocycles. The lowest BCUT2D eigenvalue weighted by Gasteiger charge is -2.34. The normalized spacial score (nSPS) is 16.0. The Bertz CT molecular complexity index is 877. The van der Waals surface area contributed by atoms with E-state index in [2.05, 4.69) is 24.4 Å². The molecule has 2 aromatic carbocycles. The summed E-state index contributed by atoms with van der Waals surface area (Å²) in [5.74, 6) is -3.02.